The fourth-order valence-electron chi connectivity index (χ4n) is 1.99. The van der Waals surface area contributed by atoms with Crippen LogP contribution in [0.25, 0.3) is 11.1 Å². The summed E-state index contributed by atoms with van der Waals surface area (Å²) in [7, 11) is 0. The van der Waals surface area contributed by atoms with Crippen molar-refractivity contribution in [2.75, 3.05) is 11.9 Å². The van der Waals surface area contributed by atoms with Crippen molar-refractivity contribution in [2.24, 2.45) is 0 Å². The predicted octanol–water partition coefficient (Wildman–Crippen LogP) is 4.01. The van der Waals surface area contributed by atoms with Gasteiger partial charge in [-0.25, -0.2) is 0 Å². The molecule has 1 amide bonds. The quantitative estimate of drug-likeness (QED) is 0.768. The van der Waals surface area contributed by atoms with Crippen molar-refractivity contribution in [3.8, 4) is 16.9 Å². The van der Waals surface area contributed by atoms with Crippen LogP contribution in [0.2, 0.25) is 5.02 Å². The van der Waals surface area contributed by atoms with Crippen molar-refractivity contribution in [1.82, 2.24) is 5.16 Å². The normalized spacial score (nSPS) is 10.3. The number of halogens is 1. The minimum absolute atomic E-state index is 0.120. The lowest BCUT2D eigenvalue weighted by molar-refractivity contribution is -0.118. The molecule has 0 saturated carbocycles. The van der Waals surface area contributed by atoms with Crippen molar-refractivity contribution >= 4 is 23.4 Å². The molecule has 0 spiro atoms. The minimum atomic E-state index is -0.333. The maximum absolute atomic E-state index is 12.0. The van der Waals surface area contributed by atoms with Crippen molar-refractivity contribution in [3.05, 3.63) is 65.8 Å². The van der Waals surface area contributed by atoms with Gasteiger partial charge in [-0.1, -0.05) is 47.1 Å². The molecule has 0 aliphatic carbocycles. The van der Waals surface area contributed by atoms with E-state index in [1.165, 1.54) is 6.20 Å². The summed E-state index contributed by atoms with van der Waals surface area (Å²) >= 11 is 5.87. The Morgan fingerprint density at radius 1 is 1.13 bits per heavy atom. The van der Waals surface area contributed by atoms with E-state index >= 15 is 0 Å². The molecule has 1 N–H and O–H groups in total. The maximum atomic E-state index is 12.0. The number of carbonyl (C=O) groups is 1. The van der Waals surface area contributed by atoms with Crippen molar-refractivity contribution in [1.29, 1.82) is 0 Å². The van der Waals surface area contributed by atoms with Gasteiger partial charge >= 0.3 is 0 Å². The zero-order valence-electron chi connectivity index (χ0n) is 12.0. The summed E-state index contributed by atoms with van der Waals surface area (Å²) in [5, 5.41) is 7.01. The number of rotatable bonds is 5. The zero-order valence-corrected chi connectivity index (χ0v) is 12.8. The molecule has 6 heteroatoms. The van der Waals surface area contributed by atoms with Crippen LogP contribution >= 0.6 is 11.6 Å². The fourth-order valence-corrected chi connectivity index (χ4v) is 2.12. The van der Waals surface area contributed by atoms with Crippen LogP contribution in [0.3, 0.4) is 0 Å². The molecule has 2 aromatic carbocycles. The van der Waals surface area contributed by atoms with Crippen molar-refractivity contribution < 1.29 is 14.1 Å². The number of nitrogens with one attached hydrogen (secondary N) is 1. The number of hydrogen-bond acceptors (Lipinski definition) is 4. The average Bonchev–Trinajstić information content (AvgIpc) is 3.03. The summed E-state index contributed by atoms with van der Waals surface area (Å²) in [5.74, 6) is 0.563. The van der Waals surface area contributed by atoms with Gasteiger partial charge in [-0.05, 0) is 29.8 Å². The van der Waals surface area contributed by atoms with Gasteiger partial charge in [0, 0.05) is 5.02 Å². The van der Waals surface area contributed by atoms with Gasteiger partial charge in [-0.15, -0.1) is 0 Å². The van der Waals surface area contributed by atoms with Gasteiger partial charge in [-0.2, -0.15) is 0 Å². The second-order valence-electron chi connectivity index (χ2n) is 4.73. The molecule has 1 heterocycles. The standard InChI is InChI=1S/C17H13ClN2O3/c18-13-8-6-12(7-9-13)15-10-19-23-17(15)20-16(21)11-22-14-4-2-1-3-5-14/h1-10H,11H2,(H,20,21). The number of hydrogen-bond donors (Lipinski definition) is 1. The number of carbonyl (C=O) groups excluding carboxylic acids is 1. The highest BCUT2D eigenvalue weighted by atomic mass is 35.5. The van der Waals surface area contributed by atoms with Crippen molar-refractivity contribution in [2.45, 2.75) is 0 Å². The lowest BCUT2D eigenvalue weighted by Gasteiger charge is -2.06. The van der Waals surface area contributed by atoms with Crippen LogP contribution in [0.1, 0.15) is 0 Å². The second-order valence-corrected chi connectivity index (χ2v) is 5.16. The van der Waals surface area contributed by atoms with Crippen LogP contribution in [-0.2, 0) is 4.79 Å². The van der Waals surface area contributed by atoms with E-state index in [4.69, 9.17) is 20.9 Å². The Balaban J connectivity index is 1.65. The van der Waals surface area contributed by atoms with E-state index in [1.807, 2.05) is 30.3 Å². The largest absolute Gasteiger partial charge is 0.484 e. The first kappa shape index (κ1) is 15.1. The van der Waals surface area contributed by atoms with Gasteiger partial charge in [0.05, 0.1) is 11.8 Å². The topological polar surface area (TPSA) is 64.4 Å². The smallest absolute Gasteiger partial charge is 0.264 e. The van der Waals surface area contributed by atoms with E-state index in [-0.39, 0.29) is 18.4 Å². The van der Waals surface area contributed by atoms with E-state index in [0.29, 0.717) is 16.3 Å². The summed E-state index contributed by atoms with van der Waals surface area (Å²) in [6.07, 6.45) is 1.54. The summed E-state index contributed by atoms with van der Waals surface area (Å²) in [5.41, 5.74) is 1.52. The zero-order chi connectivity index (χ0) is 16.1. The van der Waals surface area contributed by atoms with Crippen LogP contribution in [0.4, 0.5) is 5.88 Å². The van der Waals surface area contributed by atoms with Crippen LogP contribution in [0.15, 0.2) is 65.3 Å². The molecule has 0 bridgehead atoms. The lowest BCUT2D eigenvalue weighted by Crippen LogP contribution is -2.20. The van der Waals surface area contributed by atoms with E-state index < -0.39 is 0 Å². The van der Waals surface area contributed by atoms with Gasteiger partial charge in [0.1, 0.15) is 5.75 Å². The molecule has 3 rings (SSSR count). The Morgan fingerprint density at radius 3 is 2.61 bits per heavy atom. The third-order valence-corrected chi connectivity index (χ3v) is 3.34. The molecule has 5 nitrogen and oxygen atoms in total. The number of para-hydroxylation sites is 1. The Hall–Kier alpha value is -2.79. The summed E-state index contributed by atoms with van der Waals surface area (Å²) in [6.45, 7) is -0.120. The minimum Gasteiger partial charge on any atom is -0.484 e. The van der Waals surface area contributed by atoms with Crippen molar-refractivity contribution in [3.63, 3.8) is 0 Å². The highest BCUT2D eigenvalue weighted by Gasteiger charge is 2.14. The van der Waals surface area contributed by atoms with Gasteiger partial charge in [0.25, 0.3) is 5.91 Å². The Bertz CT molecular complexity index is 785. The van der Waals surface area contributed by atoms with E-state index in [1.54, 1.807) is 24.3 Å². The number of anilines is 1. The number of aromatic nitrogens is 1. The number of nitrogens with zero attached hydrogens (tertiary/aromatic N) is 1. The third-order valence-electron chi connectivity index (χ3n) is 3.09. The predicted molar refractivity (Wildman–Crippen MR) is 87.5 cm³/mol. The fraction of sp³-hybridized carbons (Fsp3) is 0.0588. The van der Waals surface area contributed by atoms with Gasteiger partial charge in [-0.3, -0.25) is 10.1 Å². The number of benzene rings is 2. The summed E-state index contributed by atoms with van der Waals surface area (Å²) in [6, 6.07) is 16.3. The average molecular weight is 329 g/mol. The van der Waals surface area contributed by atoms with Gasteiger partial charge in [0.15, 0.2) is 6.61 Å². The summed E-state index contributed by atoms with van der Waals surface area (Å²) in [4.78, 5) is 12.0. The number of amides is 1. The first-order valence-electron chi connectivity index (χ1n) is 6.91. The molecule has 0 unspecified atom stereocenters. The third kappa shape index (κ3) is 3.90. The van der Waals surface area contributed by atoms with E-state index in [9.17, 15) is 4.79 Å². The summed E-state index contributed by atoms with van der Waals surface area (Å²) < 4.78 is 10.5. The van der Waals surface area contributed by atoms with Crippen LogP contribution in [-0.4, -0.2) is 17.7 Å². The van der Waals surface area contributed by atoms with Gasteiger partial charge < -0.3 is 9.26 Å². The molecule has 116 valence electrons. The maximum Gasteiger partial charge on any atom is 0.264 e. The molecule has 3 aromatic rings. The molecule has 1 aromatic heterocycles. The molecule has 0 aliphatic heterocycles. The Kier molecular flexibility index (Phi) is 4.59. The molecule has 0 atom stereocenters. The van der Waals surface area contributed by atoms with E-state index in [0.717, 1.165) is 5.56 Å². The number of ether oxygens (including phenoxy) is 1. The lowest BCUT2D eigenvalue weighted by atomic mass is 10.1. The Morgan fingerprint density at radius 2 is 1.87 bits per heavy atom. The molecule has 0 saturated heterocycles. The van der Waals surface area contributed by atoms with Crippen LogP contribution < -0.4 is 10.1 Å². The second kappa shape index (κ2) is 6.98. The monoisotopic (exact) mass is 328 g/mol. The Labute approximate surface area is 137 Å². The first-order valence-corrected chi connectivity index (χ1v) is 7.28. The molecular weight excluding hydrogens is 316 g/mol. The first-order chi connectivity index (χ1) is 11.2. The highest BCUT2D eigenvalue weighted by Crippen LogP contribution is 2.28. The molecule has 0 radical (unpaired) electrons. The highest BCUT2D eigenvalue weighted by molar-refractivity contribution is 6.30. The molecule has 23 heavy (non-hydrogen) atoms. The molecule has 0 aliphatic rings. The van der Waals surface area contributed by atoms with Gasteiger partial charge in [0.2, 0.25) is 5.88 Å². The van der Waals surface area contributed by atoms with E-state index in [2.05, 4.69) is 10.5 Å². The SMILES string of the molecule is O=C(COc1ccccc1)Nc1oncc1-c1ccc(Cl)cc1. The van der Waals surface area contributed by atoms with Crippen LogP contribution in [0, 0.1) is 0 Å². The van der Waals surface area contributed by atoms with Crippen LogP contribution in [0.5, 0.6) is 5.75 Å². The molecular formula is C17H13ClN2O3. The molecule has 0 fully saturated rings.